The number of nitrogens with zero attached hydrogens (tertiary/aromatic N) is 2. The van der Waals surface area contributed by atoms with Crippen molar-refractivity contribution in [3.05, 3.63) is 59.4 Å². The molecule has 0 bridgehead atoms. The van der Waals surface area contributed by atoms with Crippen LogP contribution in [0, 0.1) is 0 Å². The van der Waals surface area contributed by atoms with Crippen LogP contribution in [-0.2, 0) is 7.05 Å². The number of carbonyl (C=O) groups is 1. The van der Waals surface area contributed by atoms with Crippen molar-refractivity contribution in [1.82, 2.24) is 9.78 Å². The standard InChI is InChI=1S/C20H16BrN3O4/c1-24-18(17(21)11-22-24)16-10-13(9-12-7-8-27-19(12)16)23-20(25)28-15-5-3-14(26-2)4-6-15/h3-11H,1-2H3,(H,23,25). The number of hydrogen-bond acceptors (Lipinski definition) is 5. The van der Waals surface area contributed by atoms with Gasteiger partial charge in [-0.2, -0.15) is 5.10 Å². The maximum atomic E-state index is 12.3. The number of fused-ring (bicyclic) bond motifs is 1. The molecule has 28 heavy (non-hydrogen) atoms. The predicted molar refractivity (Wildman–Crippen MR) is 109 cm³/mol. The summed E-state index contributed by atoms with van der Waals surface area (Å²) in [5, 5.41) is 7.87. The number of nitrogens with one attached hydrogen (secondary N) is 1. The Kier molecular flexibility index (Phi) is 4.79. The van der Waals surface area contributed by atoms with Crippen LogP contribution in [0.5, 0.6) is 11.5 Å². The van der Waals surface area contributed by atoms with Gasteiger partial charge in [-0.3, -0.25) is 10.00 Å². The largest absolute Gasteiger partial charge is 0.497 e. The molecule has 7 nitrogen and oxygen atoms in total. The highest BCUT2D eigenvalue weighted by Gasteiger charge is 2.17. The van der Waals surface area contributed by atoms with Crippen LogP contribution in [0.1, 0.15) is 0 Å². The van der Waals surface area contributed by atoms with Crippen molar-refractivity contribution in [2.75, 3.05) is 12.4 Å². The second-order valence-corrected chi connectivity index (χ2v) is 6.87. The van der Waals surface area contributed by atoms with Gasteiger partial charge in [0.2, 0.25) is 0 Å². The molecule has 4 rings (SSSR count). The lowest BCUT2D eigenvalue weighted by molar-refractivity contribution is 0.215. The zero-order valence-electron chi connectivity index (χ0n) is 15.1. The molecule has 1 N–H and O–H groups in total. The molecule has 0 aliphatic carbocycles. The second-order valence-electron chi connectivity index (χ2n) is 6.02. The van der Waals surface area contributed by atoms with Crippen molar-refractivity contribution >= 4 is 38.7 Å². The quantitative estimate of drug-likeness (QED) is 0.469. The van der Waals surface area contributed by atoms with Gasteiger partial charge in [0.1, 0.15) is 17.1 Å². The van der Waals surface area contributed by atoms with E-state index < -0.39 is 6.09 Å². The number of halogens is 1. The maximum absolute atomic E-state index is 12.3. The van der Waals surface area contributed by atoms with Crippen molar-refractivity contribution in [3.8, 4) is 22.8 Å². The van der Waals surface area contributed by atoms with Crippen molar-refractivity contribution < 1.29 is 18.7 Å². The number of rotatable bonds is 4. The third-order valence-corrected chi connectivity index (χ3v) is 4.80. The van der Waals surface area contributed by atoms with E-state index in [0.29, 0.717) is 22.8 Å². The fourth-order valence-electron chi connectivity index (χ4n) is 2.94. The minimum atomic E-state index is -0.594. The predicted octanol–water partition coefficient (Wildman–Crippen LogP) is 5.22. The first-order chi connectivity index (χ1) is 13.5. The van der Waals surface area contributed by atoms with Crippen LogP contribution >= 0.6 is 15.9 Å². The molecule has 0 radical (unpaired) electrons. The van der Waals surface area contributed by atoms with Gasteiger partial charge in [-0.1, -0.05) is 0 Å². The fourth-order valence-corrected chi connectivity index (χ4v) is 3.50. The number of aromatic nitrogens is 2. The Morgan fingerprint density at radius 1 is 1.18 bits per heavy atom. The average Bonchev–Trinajstić information content (AvgIpc) is 3.28. The number of hydrogen-bond donors (Lipinski definition) is 1. The molecular formula is C20H16BrN3O4. The first-order valence-corrected chi connectivity index (χ1v) is 9.16. The molecule has 0 saturated heterocycles. The summed E-state index contributed by atoms with van der Waals surface area (Å²) >= 11 is 3.51. The topological polar surface area (TPSA) is 78.5 Å². The van der Waals surface area contributed by atoms with Gasteiger partial charge in [0.05, 0.1) is 29.7 Å². The van der Waals surface area contributed by atoms with E-state index >= 15 is 0 Å². The second kappa shape index (κ2) is 7.40. The van der Waals surface area contributed by atoms with Crippen LogP contribution in [0.3, 0.4) is 0 Å². The Hall–Kier alpha value is -3.26. The van der Waals surface area contributed by atoms with Gasteiger partial charge >= 0.3 is 6.09 Å². The van der Waals surface area contributed by atoms with Gasteiger partial charge in [-0.25, -0.2) is 4.79 Å². The highest BCUT2D eigenvalue weighted by atomic mass is 79.9. The molecule has 0 aliphatic heterocycles. The van der Waals surface area contributed by atoms with E-state index in [1.165, 1.54) is 0 Å². The normalized spacial score (nSPS) is 10.8. The number of furan rings is 1. The van der Waals surface area contributed by atoms with Crippen LogP contribution in [0.25, 0.3) is 22.2 Å². The third kappa shape index (κ3) is 3.46. The van der Waals surface area contributed by atoms with Crippen LogP contribution < -0.4 is 14.8 Å². The molecule has 0 unspecified atom stereocenters. The molecule has 0 saturated carbocycles. The number of anilines is 1. The lowest BCUT2D eigenvalue weighted by Gasteiger charge is -2.10. The van der Waals surface area contributed by atoms with Crippen LogP contribution in [0.2, 0.25) is 0 Å². The van der Waals surface area contributed by atoms with E-state index in [-0.39, 0.29) is 0 Å². The molecule has 0 atom stereocenters. The Morgan fingerprint density at radius 2 is 1.93 bits per heavy atom. The third-order valence-electron chi connectivity index (χ3n) is 4.22. The van der Waals surface area contributed by atoms with Crippen LogP contribution in [0.4, 0.5) is 10.5 Å². The van der Waals surface area contributed by atoms with Gasteiger partial charge in [0.25, 0.3) is 0 Å². The number of benzene rings is 2. The number of ether oxygens (including phenoxy) is 2. The monoisotopic (exact) mass is 441 g/mol. The van der Waals surface area contributed by atoms with Crippen LogP contribution in [-0.4, -0.2) is 23.0 Å². The summed E-state index contributed by atoms with van der Waals surface area (Å²) < 4.78 is 18.6. The van der Waals surface area contributed by atoms with Crippen LogP contribution in [0.15, 0.2) is 63.8 Å². The molecule has 2 heterocycles. The van der Waals surface area contributed by atoms with E-state index in [1.54, 1.807) is 48.5 Å². The Bertz CT molecular complexity index is 1130. The summed E-state index contributed by atoms with van der Waals surface area (Å²) in [6.45, 7) is 0. The highest BCUT2D eigenvalue weighted by Crippen LogP contribution is 2.36. The lowest BCUT2D eigenvalue weighted by Crippen LogP contribution is -2.16. The number of carbonyl (C=O) groups excluding carboxylic acids is 1. The van der Waals surface area contributed by atoms with E-state index in [1.807, 2.05) is 25.2 Å². The molecular weight excluding hydrogens is 426 g/mol. The van der Waals surface area contributed by atoms with Crippen molar-refractivity contribution in [2.45, 2.75) is 0 Å². The van der Waals surface area contributed by atoms with Gasteiger partial charge in [0.15, 0.2) is 0 Å². The SMILES string of the molecule is COc1ccc(OC(=O)Nc2cc(-c3c(Br)cnn3C)c3occc3c2)cc1. The summed E-state index contributed by atoms with van der Waals surface area (Å²) in [4.78, 5) is 12.3. The lowest BCUT2D eigenvalue weighted by atomic mass is 10.1. The molecule has 8 heteroatoms. The van der Waals surface area contributed by atoms with E-state index in [4.69, 9.17) is 13.9 Å². The Balaban J connectivity index is 1.63. The summed E-state index contributed by atoms with van der Waals surface area (Å²) in [5.74, 6) is 1.10. The molecule has 0 spiro atoms. The fraction of sp³-hybridized carbons (Fsp3) is 0.100. The van der Waals surface area contributed by atoms with E-state index in [0.717, 1.165) is 21.1 Å². The molecule has 0 fully saturated rings. The van der Waals surface area contributed by atoms with Gasteiger partial charge in [0, 0.05) is 23.7 Å². The van der Waals surface area contributed by atoms with Gasteiger partial charge in [-0.05, 0) is 58.4 Å². The first kappa shape index (κ1) is 18.1. The summed E-state index contributed by atoms with van der Waals surface area (Å²) in [6, 6.07) is 12.2. The minimum Gasteiger partial charge on any atom is -0.497 e. The Labute approximate surface area is 169 Å². The smallest absolute Gasteiger partial charge is 0.417 e. The summed E-state index contributed by atoms with van der Waals surface area (Å²) in [6.07, 6.45) is 2.73. The van der Waals surface area contributed by atoms with E-state index in [9.17, 15) is 4.79 Å². The zero-order valence-corrected chi connectivity index (χ0v) is 16.7. The summed E-state index contributed by atoms with van der Waals surface area (Å²) in [5.41, 5.74) is 2.93. The number of aryl methyl sites for hydroxylation is 1. The average molecular weight is 442 g/mol. The molecule has 142 valence electrons. The van der Waals surface area contributed by atoms with Crippen molar-refractivity contribution in [1.29, 1.82) is 0 Å². The van der Waals surface area contributed by atoms with E-state index in [2.05, 4.69) is 26.3 Å². The zero-order chi connectivity index (χ0) is 19.7. The maximum Gasteiger partial charge on any atom is 0.417 e. The van der Waals surface area contributed by atoms with Crippen molar-refractivity contribution in [2.24, 2.45) is 7.05 Å². The number of amides is 1. The molecule has 0 aliphatic rings. The van der Waals surface area contributed by atoms with Gasteiger partial charge < -0.3 is 13.9 Å². The summed E-state index contributed by atoms with van der Waals surface area (Å²) in [7, 11) is 3.42. The van der Waals surface area contributed by atoms with Gasteiger partial charge in [-0.15, -0.1) is 0 Å². The first-order valence-electron chi connectivity index (χ1n) is 8.37. The number of methoxy groups -OCH3 is 1. The molecule has 2 aromatic heterocycles. The molecule has 1 amide bonds. The molecule has 2 aromatic carbocycles. The molecule has 4 aromatic rings. The highest BCUT2D eigenvalue weighted by molar-refractivity contribution is 9.10. The Morgan fingerprint density at radius 3 is 2.61 bits per heavy atom. The van der Waals surface area contributed by atoms with Crippen molar-refractivity contribution in [3.63, 3.8) is 0 Å². The minimum absolute atomic E-state index is 0.414.